The molecule has 0 aromatic rings. The van der Waals surface area contributed by atoms with Gasteiger partial charge in [-0.2, -0.15) is 0 Å². The number of aldehydes is 1. The Kier molecular flexibility index (Phi) is 8.04. The third-order valence-electron chi connectivity index (χ3n) is 12.9. The van der Waals surface area contributed by atoms with Gasteiger partial charge in [-0.1, -0.05) is 54.4 Å². The minimum absolute atomic E-state index is 0.0592. The molecule has 0 aromatic carbocycles. The summed E-state index contributed by atoms with van der Waals surface area (Å²) < 4.78 is 5.95. The highest BCUT2D eigenvalue weighted by Crippen LogP contribution is 2.73. The average molecular weight is 533 g/mol. The molecule has 12 atom stereocenters. The van der Waals surface area contributed by atoms with Crippen LogP contribution in [0, 0.1) is 51.2 Å². The van der Waals surface area contributed by atoms with Crippen LogP contribution in [0.3, 0.4) is 0 Å². The van der Waals surface area contributed by atoms with Crippen LogP contribution in [0.5, 0.6) is 0 Å². The maximum absolute atomic E-state index is 13.0. The zero-order valence-electron chi connectivity index (χ0n) is 24.8. The number of aliphatic hydroxyl groups is 2. The third kappa shape index (κ3) is 4.31. The van der Waals surface area contributed by atoms with E-state index >= 15 is 0 Å². The fourth-order valence-corrected chi connectivity index (χ4v) is 10.7. The van der Waals surface area contributed by atoms with Crippen LogP contribution in [0.2, 0.25) is 0 Å². The van der Waals surface area contributed by atoms with Gasteiger partial charge in [0.05, 0.1) is 24.5 Å². The Labute approximate surface area is 229 Å². The van der Waals surface area contributed by atoms with Crippen molar-refractivity contribution in [3.63, 3.8) is 0 Å². The molecule has 6 heteroatoms. The standard InChI is InChI=1S/C32H52O6/c1-8-20(35)15-27(37)38-22-16-25-31(6)14-11-23-29(4,9-2)12-10-13-30(23,5)24(31)17-26(36)32(25,7)21(18-33)28(22)19(3)34/h18,20-26,28,35-36H,8-17H2,1-7H3/t20?,21-,22+,23-,24+,25-,26+,28?,29+,30-,31+,32+/m0/s1. The highest BCUT2D eigenvalue weighted by Gasteiger charge is 2.70. The molecule has 0 aromatic heterocycles. The second kappa shape index (κ2) is 10.3. The van der Waals surface area contributed by atoms with E-state index in [1.54, 1.807) is 6.92 Å². The molecule has 0 amide bonds. The van der Waals surface area contributed by atoms with E-state index in [0.717, 1.165) is 32.0 Å². The molecule has 4 rings (SSSR count). The summed E-state index contributed by atoms with van der Waals surface area (Å²) in [7, 11) is 0. The van der Waals surface area contributed by atoms with Crippen LogP contribution in [0.1, 0.15) is 113 Å². The first-order valence-electron chi connectivity index (χ1n) is 15.2. The molecule has 0 saturated heterocycles. The monoisotopic (exact) mass is 532 g/mol. The van der Waals surface area contributed by atoms with Crippen molar-refractivity contribution in [3.05, 3.63) is 0 Å². The van der Waals surface area contributed by atoms with Crippen LogP contribution in [-0.2, 0) is 19.1 Å². The smallest absolute Gasteiger partial charge is 0.308 e. The Morgan fingerprint density at radius 3 is 2.24 bits per heavy atom. The van der Waals surface area contributed by atoms with Crippen molar-refractivity contribution >= 4 is 18.0 Å². The van der Waals surface area contributed by atoms with Gasteiger partial charge in [0.15, 0.2) is 0 Å². The summed E-state index contributed by atoms with van der Waals surface area (Å²) in [5.74, 6) is -1.37. The summed E-state index contributed by atoms with van der Waals surface area (Å²) in [5, 5.41) is 22.0. The molecular weight excluding hydrogens is 480 g/mol. The van der Waals surface area contributed by atoms with Crippen LogP contribution in [0.4, 0.5) is 0 Å². The van der Waals surface area contributed by atoms with Crippen molar-refractivity contribution in [2.24, 2.45) is 51.2 Å². The Balaban J connectivity index is 1.76. The van der Waals surface area contributed by atoms with E-state index < -0.39 is 41.5 Å². The Morgan fingerprint density at radius 2 is 1.66 bits per heavy atom. The second-order valence-corrected chi connectivity index (χ2v) is 14.5. The zero-order chi connectivity index (χ0) is 28.3. The number of rotatable bonds is 7. The number of fused-ring (bicyclic) bond motifs is 5. The van der Waals surface area contributed by atoms with Crippen molar-refractivity contribution in [1.82, 2.24) is 0 Å². The largest absolute Gasteiger partial charge is 0.461 e. The summed E-state index contributed by atoms with van der Waals surface area (Å²) in [5.41, 5.74) is -0.497. The van der Waals surface area contributed by atoms with Crippen molar-refractivity contribution in [2.45, 2.75) is 131 Å². The van der Waals surface area contributed by atoms with Gasteiger partial charge in [-0.3, -0.25) is 9.59 Å². The van der Waals surface area contributed by atoms with E-state index in [-0.39, 0.29) is 29.0 Å². The van der Waals surface area contributed by atoms with Gasteiger partial charge in [0.2, 0.25) is 0 Å². The van der Waals surface area contributed by atoms with Crippen LogP contribution in [-0.4, -0.2) is 46.6 Å². The number of aliphatic hydroxyl groups excluding tert-OH is 2. The Hall–Kier alpha value is -1.27. The highest BCUT2D eigenvalue weighted by molar-refractivity contribution is 5.83. The van der Waals surface area contributed by atoms with E-state index in [1.165, 1.54) is 19.8 Å². The maximum atomic E-state index is 13.0. The molecule has 4 aliphatic carbocycles. The first kappa shape index (κ1) is 29.7. The van der Waals surface area contributed by atoms with Gasteiger partial charge in [0.1, 0.15) is 18.2 Å². The second-order valence-electron chi connectivity index (χ2n) is 14.5. The molecule has 4 aliphatic rings. The third-order valence-corrected chi connectivity index (χ3v) is 12.9. The average Bonchev–Trinajstić information content (AvgIpc) is 2.85. The number of carbonyl (C=O) groups excluding carboxylic acids is 3. The molecule has 38 heavy (non-hydrogen) atoms. The lowest BCUT2D eigenvalue weighted by atomic mass is 9.33. The van der Waals surface area contributed by atoms with Gasteiger partial charge < -0.3 is 19.7 Å². The van der Waals surface area contributed by atoms with E-state index in [2.05, 4.69) is 27.7 Å². The highest BCUT2D eigenvalue weighted by atomic mass is 16.5. The van der Waals surface area contributed by atoms with Gasteiger partial charge in [-0.05, 0) is 85.9 Å². The van der Waals surface area contributed by atoms with E-state index in [0.29, 0.717) is 36.5 Å². The Morgan fingerprint density at radius 1 is 1.00 bits per heavy atom. The molecule has 0 heterocycles. The molecule has 0 aliphatic heterocycles. The summed E-state index contributed by atoms with van der Waals surface area (Å²) >= 11 is 0. The number of Topliss-reactive ketones (excluding diaryl/α,β-unsaturated/α-hetero) is 1. The molecule has 4 fully saturated rings. The van der Waals surface area contributed by atoms with Crippen LogP contribution in [0.15, 0.2) is 0 Å². The van der Waals surface area contributed by atoms with E-state index in [4.69, 9.17) is 4.74 Å². The van der Waals surface area contributed by atoms with Gasteiger partial charge in [0.25, 0.3) is 0 Å². The Bertz CT molecular complexity index is 933. The molecule has 6 nitrogen and oxygen atoms in total. The zero-order valence-corrected chi connectivity index (χ0v) is 24.8. The summed E-state index contributed by atoms with van der Waals surface area (Å²) in [6.07, 6.45) is 7.00. The normalized spacial score (nSPS) is 49.1. The lowest BCUT2D eigenvalue weighted by Gasteiger charge is -2.71. The molecule has 0 bridgehead atoms. The molecule has 2 unspecified atom stereocenters. The molecule has 216 valence electrons. The summed E-state index contributed by atoms with van der Waals surface area (Å²) in [6, 6.07) is 0. The number of hydrogen-bond donors (Lipinski definition) is 2. The number of carbonyl (C=O) groups is 3. The predicted molar refractivity (Wildman–Crippen MR) is 146 cm³/mol. The topological polar surface area (TPSA) is 101 Å². The SMILES string of the molecule is CCC(O)CC(=O)O[C@@H]1C[C@H]2[C@]3(C)CC[C@H]4[C@](C)(CC)CCC[C@]4(C)[C@H]3C[C@@H](O)[C@]2(C)[C@@H](C=O)C1C(C)=O. The van der Waals surface area contributed by atoms with Crippen molar-refractivity contribution in [2.75, 3.05) is 0 Å². The van der Waals surface area contributed by atoms with Gasteiger partial charge >= 0.3 is 5.97 Å². The van der Waals surface area contributed by atoms with Crippen molar-refractivity contribution in [1.29, 1.82) is 0 Å². The summed E-state index contributed by atoms with van der Waals surface area (Å²) in [6.45, 7) is 14.9. The minimum Gasteiger partial charge on any atom is -0.461 e. The maximum Gasteiger partial charge on any atom is 0.308 e. The lowest BCUT2D eigenvalue weighted by molar-refractivity contribution is -0.260. The lowest BCUT2D eigenvalue weighted by Crippen LogP contribution is -2.69. The number of ether oxygens (including phenoxy) is 1. The van der Waals surface area contributed by atoms with Crippen molar-refractivity contribution in [3.8, 4) is 0 Å². The first-order valence-corrected chi connectivity index (χ1v) is 15.2. The molecule has 2 N–H and O–H groups in total. The number of esters is 1. The van der Waals surface area contributed by atoms with Crippen LogP contribution >= 0.6 is 0 Å². The molecule has 4 saturated carbocycles. The molecule has 0 spiro atoms. The quantitative estimate of drug-likeness (QED) is 0.331. The van der Waals surface area contributed by atoms with E-state index in [9.17, 15) is 24.6 Å². The van der Waals surface area contributed by atoms with Gasteiger partial charge in [0, 0.05) is 11.3 Å². The molecular formula is C32H52O6. The predicted octanol–water partition coefficient (Wildman–Crippen LogP) is 5.51. The molecule has 0 radical (unpaired) electrons. The van der Waals surface area contributed by atoms with Gasteiger partial charge in [-0.25, -0.2) is 0 Å². The number of hydrogen-bond acceptors (Lipinski definition) is 6. The minimum atomic E-state index is -0.790. The van der Waals surface area contributed by atoms with E-state index in [1.807, 2.05) is 6.92 Å². The fraction of sp³-hybridized carbons (Fsp3) is 0.906. The summed E-state index contributed by atoms with van der Waals surface area (Å²) in [4.78, 5) is 38.6. The van der Waals surface area contributed by atoms with Crippen molar-refractivity contribution < 1.29 is 29.3 Å². The van der Waals surface area contributed by atoms with Gasteiger partial charge in [-0.15, -0.1) is 0 Å². The number of ketones is 1. The van der Waals surface area contributed by atoms with Crippen LogP contribution < -0.4 is 0 Å². The fourth-order valence-electron chi connectivity index (χ4n) is 10.7. The van der Waals surface area contributed by atoms with Crippen LogP contribution in [0.25, 0.3) is 0 Å². The first-order chi connectivity index (χ1) is 17.7.